The monoisotopic (exact) mass is 273 g/mol. The number of amides is 1. The van der Waals surface area contributed by atoms with Crippen molar-refractivity contribution in [2.75, 3.05) is 0 Å². The SMILES string of the molecule is O=C(O)C[C@@H](NC(=O)c1cccc(F)c1F)C(=O)O. The first-order valence-corrected chi connectivity index (χ1v) is 5.02. The number of aliphatic carboxylic acids is 2. The summed E-state index contributed by atoms with van der Waals surface area (Å²) in [6.45, 7) is 0. The zero-order valence-electron chi connectivity index (χ0n) is 9.39. The van der Waals surface area contributed by atoms with Crippen molar-refractivity contribution in [2.45, 2.75) is 12.5 Å². The fourth-order valence-corrected chi connectivity index (χ4v) is 1.29. The Morgan fingerprint density at radius 1 is 1.21 bits per heavy atom. The quantitative estimate of drug-likeness (QED) is 0.729. The van der Waals surface area contributed by atoms with Gasteiger partial charge in [0, 0.05) is 0 Å². The minimum atomic E-state index is -1.73. The molecule has 102 valence electrons. The Balaban J connectivity index is 2.91. The molecule has 3 N–H and O–H groups in total. The van der Waals surface area contributed by atoms with Gasteiger partial charge in [0.05, 0.1) is 12.0 Å². The molecule has 0 bridgehead atoms. The molecule has 0 radical (unpaired) electrons. The van der Waals surface area contributed by atoms with Crippen LogP contribution in [0.15, 0.2) is 18.2 Å². The van der Waals surface area contributed by atoms with Crippen LogP contribution in [0.3, 0.4) is 0 Å². The average Bonchev–Trinajstić information content (AvgIpc) is 2.31. The molecular formula is C11H9F2NO5. The maximum Gasteiger partial charge on any atom is 0.326 e. The first-order valence-electron chi connectivity index (χ1n) is 5.02. The Bertz CT molecular complexity index is 532. The lowest BCUT2D eigenvalue weighted by Crippen LogP contribution is -2.42. The Kier molecular flexibility index (Phi) is 4.51. The van der Waals surface area contributed by atoms with Gasteiger partial charge in [0.25, 0.3) is 5.91 Å². The molecule has 0 unspecified atom stereocenters. The standard InChI is InChI=1S/C11H9F2NO5/c12-6-3-1-2-5(9(6)13)10(17)14-7(11(18)19)4-8(15)16/h1-3,7H,4H2,(H,14,17)(H,15,16)(H,18,19)/t7-/m1/s1. The number of benzene rings is 1. The van der Waals surface area contributed by atoms with Gasteiger partial charge in [-0.2, -0.15) is 0 Å². The maximum absolute atomic E-state index is 13.3. The molecule has 0 saturated carbocycles. The van der Waals surface area contributed by atoms with Gasteiger partial charge < -0.3 is 15.5 Å². The van der Waals surface area contributed by atoms with Crippen LogP contribution in [0.5, 0.6) is 0 Å². The van der Waals surface area contributed by atoms with Crippen LogP contribution in [0, 0.1) is 11.6 Å². The van der Waals surface area contributed by atoms with Crippen molar-refractivity contribution >= 4 is 17.8 Å². The molecule has 0 aliphatic heterocycles. The molecule has 1 amide bonds. The number of halogens is 2. The second-order valence-corrected chi connectivity index (χ2v) is 3.56. The number of carbonyl (C=O) groups excluding carboxylic acids is 1. The molecule has 0 aliphatic rings. The van der Waals surface area contributed by atoms with Gasteiger partial charge in [0.2, 0.25) is 0 Å². The van der Waals surface area contributed by atoms with Crippen molar-refractivity contribution in [3.8, 4) is 0 Å². The molecule has 0 aliphatic carbocycles. The van der Waals surface area contributed by atoms with Gasteiger partial charge in [-0.1, -0.05) is 6.07 Å². The summed E-state index contributed by atoms with van der Waals surface area (Å²) in [7, 11) is 0. The van der Waals surface area contributed by atoms with E-state index in [1.807, 2.05) is 0 Å². The van der Waals surface area contributed by atoms with Crippen LogP contribution in [0.2, 0.25) is 0 Å². The van der Waals surface area contributed by atoms with E-state index in [1.165, 1.54) is 0 Å². The smallest absolute Gasteiger partial charge is 0.326 e. The summed E-state index contributed by atoms with van der Waals surface area (Å²) >= 11 is 0. The minimum absolute atomic E-state index is 0.698. The minimum Gasteiger partial charge on any atom is -0.481 e. The third-order valence-electron chi connectivity index (χ3n) is 2.18. The van der Waals surface area contributed by atoms with E-state index in [-0.39, 0.29) is 0 Å². The molecule has 1 atom stereocenters. The summed E-state index contributed by atoms with van der Waals surface area (Å²) in [5, 5.41) is 19.0. The van der Waals surface area contributed by atoms with E-state index in [1.54, 1.807) is 5.32 Å². The molecule has 19 heavy (non-hydrogen) atoms. The number of carbonyl (C=O) groups is 3. The van der Waals surface area contributed by atoms with Crippen LogP contribution in [-0.4, -0.2) is 34.1 Å². The number of nitrogens with one attached hydrogen (secondary N) is 1. The highest BCUT2D eigenvalue weighted by Crippen LogP contribution is 2.11. The summed E-state index contributed by atoms with van der Waals surface area (Å²) in [4.78, 5) is 32.7. The summed E-state index contributed by atoms with van der Waals surface area (Å²) in [5.41, 5.74) is -0.698. The van der Waals surface area contributed by atoms with Crippen LogP contribution in [0.4, 0.5) is 8.78 Å². The number of carboxylic acid groups (broad SMARTS) is 2. The topological polar surface area (TPSA) is 104 Å². The number of hydrogen-bond acceptors (Lipinski definition) is 3. The third-order valence-corrected chi connectivity index (χ3v) is 2.18. The average molecular weight is 273 g/mol. The van der Waals surface area contributed by atoms with Crippen molar-refractivity contribution in [2.24, 2.45) is 0 Å². The summed E-state index contributed by atoms with van der Waals surface area (Å²) in [5.74, 6) is -6.94. The third kappa shape index (κ3) is 3.73. The van der Waals surface area contributed by atoms with Gasteiger partial charge in [-0.3, -0.25) is 9.59 Å². The van der Waals surface area contributed by atoms with E-state index >= 15 is 0 Å². The van der Waals surface area contributed by atoms with E-state index in [4.69, 9.17) is 10.2 Å². The molecule has 0 fully saturated rings. The van der Waals surface area contributed by atoms with Crippen LogP contribution < -0.4 is 5.32 Å². The summed E-state index contributed by atoms with van der Waals surface area (Å²) in [6, 6.07) is 1.08. The Labute approximate surface area is 105 Å². The van der Waals surface area contributed by atoms with Crippen LogP contribution in [0.1, 0.15) is 16.8 Å². The molecule has 1 aromatic carbocycles. The van der Waals surface area contributed by atoms with Crippen molar-refractivity contribution in [3.63, 3.8) is 0 Å². The fraction of sp³-hybridized carbons (Fsp3) is 0.182. The van der Waals surface area contributed by atoms with Crippen LogP contribution >= 0.6 is 0 Å². The first-order chi connectivity index (χ1) is 8.82. The molecule has 1 rings (SSSR count). The van der Waals surface area contributed by atoms with E-state index in [9.17, 15) is 23.2 Å². The Hall–Kier alpha value is -2.51. The van der Waals surface area contributed by atoms with Crippen molar-refractivity contribution in [3.05, 3.63) is 35.4 Å². The van der Waals surface area contributed by atoms with E-state index < -0.39 is 47.5 Å². The second-order valence-electron chi connectivity index (χ2n) is 3.56. The zero-order valence-corrected chi connectivity index (χ0v) is 9.39. The van der Waals surface area contributed by atoms with E-state index in [0.717, 1.165) is 18.2 Å². The molecule has 0 spiro atoms. The van der Waals surface area contributed by atoms with Crippen LogP contribution in [-0.2, 0) is 9.59 Å². The normalized spacial score (nSPS) is 11.7. The molecule has 1 aromatic rings. The Morgan fingerprint density at radius 2 is 1.84 bits per heavy atom. The lowest BCUT2D eigenvalue weighted by Gasteiger charge is -2.12. The number of carboxylic acids is 2. The maximum atomic E-state index is 13.3. The number of hydrogen-bond donors (Lipinski definition) is 3. The molecule has 0 heterocycles. The highest BCUT2D eigenvalue weighted by atomic mass is 19.2. The zero-order chi connectivity index (χ0) is 14.6. The van der Waals surface area contributed by atoms with Crippen LogP contribution in [0.25, 0.3) is 0 Å². The van der Waals surface area contributed by atoms with Gasteiger partial charge >= 0.3 is 11.9 Å². The van der Waals surface area contributed by atoms with E-state index in [0.29, 0.717) is 0 Å². The van der Waals surface area contributed by atoms with Crippen molar-refractivity contribution in [1.82, 2.24) is 5.32 Å². The highest BCUT2D eigenvalue weighted by Gasteiger charge is 2.25. The lowest BCUT2D eigenvalue weighted by atomic mass is 10.1. The van der Waals surface area contributed by atoms with Gasteiger partial charge in [-0.25, -0.2) is 13.6 Å². The molecule has 0 saturated heterocycles. The Morgan fingerprint density at radius 3 is 2.37 bits per heavy atom. The van der Waals surface area contributed by atoms with Gasteiger partial charge in [-0.15, -0.1) is 0 Å². The molecule has 6 nitrogen and oxygen atoms in total. The predicted molar refractivity (Wildman–Crippen MR) is 57.5 cm³/mol. The molecule has 8 heteroatoms. The summed E-state index contributed by atoms with van der Waals surface area (Å²) in [6.07, 6.45) is -0.877. The largest absolute Gasteiger partial charge is 0.481 e. The molecule has 0 aromatic heterocycles. The van der Waals surface area contributed by atoms with Crippen molar-refractivity contribution in [1.29, 1.82) is 0 Å². The fourth-order valence-electron chi connectivity index (χ4n) is 1.29. The number of rotatable bonds is 5. The van der Waals surface area contributed by atoms with Gasteiger partial charge in [-0.05, 0) is 12.1 Å². The van der Waals surface area contributed by atoms with Gasteiger partial charge in [0.15, 0.2) is 11.6 Å². The predicted octanol–water partition coefficient (Wildman–Crippen LogP) is 0.622. The highest BCUT2D eigenvalue weighted by molar-refractivity contribution is 5.97. The van der Waals surface area contributed by atoms with Crippen molar-refractivity contribution < 1.29 is 33.4 Å². The second kappa shape index (κ2) is 5.89. The lowest BCUT2D eigenvalue weighted by molar-refractivity contribution is -0.145. The first kappa shape index (κ1) is 14.6. The summed E-state index contributed by atoms with van der Waals surface area (Å²) < 4.78 is 26.1. The van der Waals surface area contributed by atoms with E-state index in [2.05, 4.69) is 0 Å². The molecular weight excluding hydrogens is 264 g/mol. The van der Waals surface area contributed by atoms with Gasteiger partial charge in [0.1, 0.15) is 6.04 Å².